The molecule has 1 saturated carbocycles. The summed E-state index contributed by atoms with van der Waals surface area (Å²) in [5.41, 5.74) is 2.63. The van der Waals surface area contributed by atoms with Gasteiger partial charge in [0.1, 0.15) is 0 Å². The zero-order chi connectivity index (χ0) is 16.1. The van der Waals surface area contributed by atoms with Gasteiger partial charge in [0.15, 0.2) is 5.96 Å². The molecule has 1 aromatic rings. The number of carbonyl (C=O) groups excluding carboxylic acids is 1. The van der Waals surface area contributed by atoms with E-state index in [1.165, 1.54) is 36.8 Å². The number of nitrogens with zero attached hydrogens (tertiary/aromatic N) is 2. The molecule has 1 heterocycles. The first kappa shape index (κ1) is 19.0. The summed E-state index contributed by atoms with van der Waals surface area (Å²) in [7, 11) is 1.76. The van der Waals surface area contributed by atoms with Crippen LogP contribution in [0.3, 0.4) is 0 Å². The number of hydrogen-bond acceptors (Lipinski definition) is 2. The molecule has 1 amide bonds. The first-order chi connectivity index (χ1) is 11.3. The Hall–Kier alpha value is -1.31. The van der Waals surface area contributed by atoms with Crippen molar-refractivity contribution in [3.63, 3.8) is 0 Å². The molecule has 1 aliphatic heterocycles. The summed E-state index contributed by atoms with van der Waals surface area (Å²) in [5.74, 6) is 0.872. The molecule has 2 aliphatic rings. The molecule has 0 aromatic heterocycles. The van der Waals surface area contributed by atoms with Crippen molar-refractivity contribution in [3.8, 4) is 0 Å². The van der Waals surface area contributed by atoms with E-state index in [2.05, 4.69) is 33.8 Å². The third-order valence-corrected chi connectivity index (χ3v) is 4.81. The lowest BCUT2D eigenvalue weighted by Gasteiger charge is -2.29. The quantitative estimate of drug-likeness (QED) is 0.429. The van der Waals surface area contributed by atoms with Gasteiger partial charge in [0.25, 0.3) is 0 Å². The summed E-state index contributed by atoms with van der Waals surface area (Å²) >= 11 is 0. The predicted molar refractivity (Wildman–Crippen MR) is 108 cm³/mol. The second kappa shape index (κ2) is 9.25. The highest BCUT2D eigenvalue weighted by atomic mass is 127. The fourth-order valence-corrected chi connectivity index (χ4v) is 3.44. The fraction of sp³-hybridized carbons (Fsp3) is 0.556. The highest BCUT2D eigenvalue weighted by molar-refractivity contribution is 14.0. The summed E-state index contributed by atoms with van der Waals surface area (Å²) in [4.78, 5) is 18.6. The molecule has 2 N–H and O–H groups in total. The van der Waals surface area contributed by atoms with Crippen LogP contribution in [-0.2, 0) is 17.8 Å². The molecule has 0 atom stereocenters. The lowest BCUT2D eigenvalue weighted by atomic mass is 10.00. The number of halogens is 1. The van der Waals surface area contributed by atoms with Crippen LogP contribution in [-0.4, -0.2) is 42.9 Å². The lowest BCUT2D eigenvalue weighted by Crippen LogP contribution is -2.47. The summed E-state index contributed by atoms with van der Waals surface area (Å²) in [6, 6.07) is 8.87. The normalized spacial score (nSPS) is 17.9. The molecule has 24 heavy (non-hydrogen) atoms. The maximum absolute atomic E-state index is 12.4. The van der Waals surface area contributed by atoms with Gasteiger partial charge in [-0.05, 0) is 30.4 Å². The molecule has 5 nitrogen and oxygen atoms in total. The van der Waals surface area contributed by atoms with Crippen molar-refractivity contribution >= 4 is 35.8 Å². The third-order valence-electron chi connectivity index (χ3n) is 4.81. The topological polar surface area (TPSA) is 56.7 Å². The van der Waals surface area contributed by atoms with Gasteiger partial charge in [0.2, 0.25) is 5.91 Å². The number of amides is 1. The minimum absolute atomic E-state index is 0. The van der Waals surface area contributed by atoms with E-state index in [-0.39, 0.29) is 29.9 Å². The number of benzene rings is 1. The Kier molecular flexibility index (Phi) is 7.33. The molecule has 1 aliphatic carbocycles. The molecule has 0 saturated heterocycles. The van der Waals surface area contributed by atoms with E-state index in [4.69, 9.17) is 0 Å². The number of fused-ring (bicyclic) bond motifs is 1. The van der Waals surface area contributed by atoms with Crippen molar-refractivity contribution in [1.82, 2.24) is 15.5 Å². The second-order valence-electron chi connectivity index (χ2n) is 6.39. The van der Waals surface area contributed by atoms with Crippen molar-refractivity contribution in [2.45, 2.75) is 44.7 Å². The van der Waals surface area contributed by atoms with E-state index >= 15 is 0 Å². The number of guanidine groups is 1. The van der Waals surface area contributed by atoms with Crippen molar-refractivity contribution in [3.05, 3.63) is 35.4 Å². The lowest BCUT2D eigenvalue weighted by molar-refractivity contribution is -0.130. The van der Waals surface area contributed by atoms with Crippen LogP contribution < -0.4 is 10.6 Å². The van der Waals surface area contributed by atoms with Crippen LogP contribution >= 0.6 is 24.0 Å². The average molecular weight is 442 g/mol. The molecule has 132 valence electrons. The maximum Gasteiger partial charge on any atom is 0.242 e. The Morgan fingerprint density at radius 1 is 1.25 bits per heavy atom. The van der Waals surface area contributed by atoms with Gasteiger partial charge in [-0.3, -0.25) is 9.79 Å². The Morgan fingerprint density at radius 2 is 1.96 bits per heavy atom. The van der Waals surface area contributed by atoms with Crippen LogP contribution in [0.5, 0.6) is 0 Å². The number of carbonyl (C=O) groups is 1. The molecule has 0 unspecified atom stereocenters. The van der Waals surface area contributed by atoms with Crippen LogP contribution in [0, 0.1) is 0 Å². The predicted octanol–water partition coefficient (Wildman–Crippen LogP) is 2.30. The summed E-state index contributed by atoms with van der Waals surface area (Å²) in [6.07, 6.45) is 5.88. The number of hydrogen-bond donors (Lipinski definition) is 2. The van der Waals surface area contributed by atoms with E-state index in [1.807, 2.05) is 11.0 Å². The molecule has 1 fully saturated rings. The third kappa shape index (κ3) is 4.84. The Balaban J connectivity index is 0.00000208. The molecule has 0 radical (unpaired) electrons. The van der Waals surface area contributed by atoms with Gasteiger partial charge in [-0.1, -0.05) is 37.1 Å². The first-order valence-electron chi connectivity index (χ1n) is 8.58. The van der Waals surface area contributed by atoms with E-state index < -0.39 is 0 Å². The van der Waals surface area contributed by atoms with Crippen LogP contribution in [0.1, 0.15) is 36.8 Å². The SMILES string of the molecule is CN=C(NCC(=O)N1CCc2ccccc2C1)NC1CCCC1.I. The molecule has 1 aromatic carbocycles. The fourth-order valence-electron chi connectivity index (χ4n) is 3.44. The van der Waals surface area contributed by atoms with Gasteiger partial charge in [-0.25, -0.2) is 0 Å². The standard InChI is InChI=1S/C18H26N4O.HI/c1-19-18(21-16-8-4-5-9-16)20-12-17(23)22-11-10-14-6-2-3-7-15(14)13-22;/h2-3,6-7,16H,4-5,8-13H2,1H3,(H2,19,20,21);1H. The van der Waals surface area contributed by atoms with E-state index in [9.17, 15) is 4.79 Å². The maximum atomic E-state index is 12.4. The highest BCUT2D eigenvalue weighted by Crippen LogP contribution is 2.18. The van der Waals surface area contributed by atoms with Crippen molar-refractivity contribution < 1.29 is 4.79 Å². The van der Waals surface area contributed by atoms with Gasteiger partial charge in [-0.15, -0.1) is 24.0 Å². The van der Waals surface area contributed by atoms with E-state index in [0.29, 0.717) is 19.1 Å². The second-order valence-corrected chi connectivity index (χ2v) is 6.39. The average Bonchev–Trinajstić information content (AvgIpc) is 3.11. The minimum Gasteiger partial charge on any atom is -0.354 e. The molecule has 0 bridgehead atoms. The zero-order valence-corrected chi connectivity index (χ0v) is 16.6. The summed E-state index contributed by atoms with van der Waals surface area (Å²) in [5, 5.41) is 6.57. The van der Waals surface area contributed by atoms with Crippen molar-refractivity contribution in [1.29, 1.82) is 0 Å². The number of nitrogens with one attached hydrogen (secondary N) is 2. The number of rotatable bonds is 3. The Labute approximate surface area is 161 Å². The van der Waals surface area contributed by atoms with Crippen molar-refractivity contribution in [2.75, 3.05) is 20.1 Å². The van der Waals surface area contributed by atoms with Gasteiger partial charge in [0.05, 0.1) is 6.54 Å². The molecule has 3 rings (SSSR count). The molecule has 0 spiro atoms. The largest absolute Gasteiger partial charge is 0.354 e. The van der Waals surface area contributed by atoms with Crippen LogP contribution in [0.2, 0.25) is 0 Å². The van der Waals surface area contributed by atoms with Gasteiger partial charge < -0.3 is 15.5 Å². The number of aliphatic imine (C=N–C) groups is 1. The minimum atomic E-state index is 0. The van der Waals surface area contributed by atoms with E-state index in [0.717, 1.165) is 18.9 Å². The first-order valence-corrected chi connectivity index (χ1v) is 8.58. The molecular weight excluding hydrogens is 415 g/mol. The van der Waals surface area contributed by atoms with Crippen LogP contribution in [0.25, 0.3) is 0 Å². The Bertz CT molecular complexity index is 584. The van der Waals surface area contributed by atoms with Gasteiger partial charge >= 0.3 is 0 Å². The molecule has 6 heteroatoms. The summed E-state index contributed by atoms with van der Waals surface area (Å²) in [6.45, 7) is 1.81. The van der Waals surface area contributed by atoms with Crippen LogP contribution in [0.15, 0.2) is 29.3 Å². The van der Waals surface area contributed by atoms with E-state index in [1.54, 1.807) is 7.05 Å². The van der Waals surface area contributed by atoms with Gasteiger partial charge in [-0.2, -0.15) is 0 Å². The van der Waals surface area contributed by atoms with Crippen molar-refractivity contribution in [2.24, 2.45) is 4.99 Å². The monoisotopic (exact) mass is 442 g/mol. The smallest absolute Gasteiger partial charge is 0.242 e. The van der Waals surface area contributed by atoms with Crippen LogP contribution in [0.4, 0.5) is 0 Å². The summed E-state index contributed by atoms with van der Waals surface area (Å²) < 4.78 is 0. The molecular formula is C18H27IN4O. The highest BCUT2D eigenvalue weighted by Gasteiger charge is 2.21. The Morgan fingerprint density at radius 3 is 2.67 bits per heavy atom. The van der Waals surface area contributed by atoms with Gasteiger partial charge in [0, 0.05) is 26.2 Å². The zero-order valence-electron chi connectivity index (χ0n) is 14.3.